The molecule has 4 aromatic rings. The number of aromatic nitrogens is 2. The summed E-state index contributed by atoms with van der Waals surface area (Å²) in [5.41, 5.74) is 0.677. The van der Waals surface area contributed by atoms with Crippen LogP contribution in [0.3, 0.4) is 0 Å². The highest BCUT2D eigenvalue weighted by Gasteiger charge is 2.45. The van der Waals surface area contributed by atoms with Crippen LogP contribution in [0.1, 0.15) is 46.1 Å². The van der Waals surface area contributed by atoms with Gasteiger partial charge in [0.05, 0.1) is 17.0 Å². The van der Waals surface area contributed by atoms with Crippen molar-refractivity contribution in [1.29, 1.82) is 0 Å². The molecule has 6 nitrogen and oxygen atoms in total. The highest BCUT2D eigenvalue weighted by molar-refractivity contribution is 7.15. The monoisotopic (exact) mass is 421 g/mol. The van der Waals surface area contributed by atoms with Gasteiger partial charge in [-0.3, -0.25) is 14.5 Å². The molecule has 2 aromatic carbocycles. The summed E-state index contributed by atoms with van der Waals surface area (Å²) in [6.07, 6.45) is 1.66. The number of rotatable bonds is 4. The Kier molecular flexibility index (Phi) is 4.43. The SMILES string of the molecule is CCCc1nnc(N2C(=O)c3oc4ccc(F)cc4c(=O)c3C2c2ccccc2)s1. The van der Waals surface area contributed by atoms with Gasteiger partial charge in [0.15, 0.2) is 5.43 Å². The van der Waals surface area contributed by atoms with E-state index in [-0.39, 0.29) is 22.3 Å². The minimum atomic E-state index is -0.722. The second-order valence-corrected chi connectivity index (χ2v) is 8.07. The number of hydrogen-bond acceptors (Lipinski definition) is 6. The summed E-state index contributed by atoms with van der Waals surface area (Å²) in [4.78, 5) is 28.2. The first-order valence-electron chi connectivity index (χ1n) is 9.55. The van der Waals surface area contributed by atoms with E-state index in [0.717, 1.165) is 29.5 Å². The molecule has 0 fully saturated rings. The van der Waals surface area contributed by atoms with E-state index >= 15 is 0 Å². The molecular weight excluding hydrogens is 405 g/mol. The summed E-state index contributed by atoms with van der Waals surface area (Å²) in [6.45, 7) is 2.04. The molecule has 1 atom stereocenters. The first-order chi connectivity index (χ1) is 14.6. The largest absolute Gasteiger partial charge is 0.450 e. The number of anilines is 1. The Labute approximate surface area is 174 Å². The van der Waals surface area contributed by atoms with Gasteiger partial charge in [-0.2, -0.15) is 0 Å². The predicted molar refractivity (Wildman–Crippen MR) is 111 cm³/mol. The zero-order valence-corrected chi connectivity index (χ0v) is 16.8. The fourth-order valence-corrected chi connectivity index (χ4v) is 4.72. The van der Waals surface area contributed by atoms with Crippen molar-refractivity contribution < 1.29 is 13.6 Å². The van der Waals surface area contributed by atoms with Gasteiger partial charge in [-0.05, 0) is 30.2 Å². The van der Waals surface area contributed by atoms with Gasteiger partial charge in [-0.15, -0.1) is 10.2 Å². The van der Waals surface area contributed by atoms with Crippen LogP contribution < -0.4 is 10.3 Å². The third kappa shape index (κ3) is 2.83. The molecule has 1 amide bonds. The molecule has 0 saturated carbocycles. The van der Waals surface area contributed by atoms with Crippen molar-refractivity contribution in [3.63, 3.8) is 0 Å². The summed E-state index contributed by atoms with van der Waals surface area (Å²) < 4.78 is 19.6. The number of hydrogen-bond donors (Lipinski definition) is 0. The molecule has 8 heteroatoms. The van der Waals surface area contributed by atoms with Crippen LogP contribution in [0.5, 0.6) is 0 Å². The van der Waals surface area contributed by atoms with Crippen LogP contribution >= 0.6 is 11.3 Å². The summed E-state index contributed by atoms with van der Waals surface area (Å²) >= 11 is 1.32. The van der Waals surface area contributed by atoms with E-state index in [9.17, 15) is 14.0 Å². The Morgan fingerprint density at radius 1 is 1.13 bits per heavy atom. The number of nitrogens with zero attached hydrogens (tertiary/aromatic N) is 3. The van der Waals surface area contributed by atoms with Crippen molar-refractivity contribution in [1.82, 2.24) is 10.2 Å². The average molecular weight is 421 g/mol. The van der Waals surface area contributed by atoms with E-state index < -0.39 is 23.2 Å². The van der Waals surface area contributed by atoms with E-state index in [1.807, 2.05) is 37.3 Å². The highest BCUT2D eigenvalue weighted by Crippen LogP contribution is 2.42. The molecule has 30 heavy (non-hydrogen) atoms. The third-order valence-electron chi connectivity index (χ3n) is 5.07. The van der Waals surface area contributed by atoms with Crippen molar-refractivity contribution in [3.8, 4) is 0 Å². The number of carbonyl (C=O) groups excluding carboxylic acids is 1. The minimum Gasteiger partial charge on any atom is -0.450 e. The summed E-state index contributed by atoms with van der Waals surface area (Å²) in [6, 6.07) is 12.2. The van der Waals surface area contributed by atoms with E-state index in [1.54, 1.807) is 0 Å². The molecule has 1 unspecified atom stereocenters. The number of fused-ring (bicyclic) bond motifs is 2. The van der Waals surface area contributed by atoms with E-state index in [0.29, 0.717) is 5.13 Å². The van der Waals surface area contributed by atoms with E-state index in [2.05, 4.69) is 10.2 Å². The van der Waals surface area contributed by atoms with Crippen LogP contribution in [-0.2, 0) is 6.42 Å². The van der Waals surface area contributed by atoms with Gasteiger partial charge < -0.3 is 4.42 Å². The Morgan fingerprint density at radius 2 is 1.93 bits per heavy atom. The molecule has 150 valence electrons. The normalized spacial score (nSPS) is 15.7. The first kappa shape index (κ1) is 18.6. The lowest BCUT2D eigenvalue weighted by molar-refractivity contribution is 0.0970. The smallest absolute Gasteiger partial charge is 0.297 e. The first-order valence-corrected chi connectivity index (χ1v) is 10.4. The standard InChI is InChI=1S/C22H16FN3O3S/c1-2-6-16-24-25-22(30-16)26-18(12-7-4-3-5-8-12)17-19(27)14-11-13(23)9-10-15(14)29-20(17)21(26)28/h3-5,7-11,18H,2,6H2,1H3. The van der Waals surface area contributed by atoms with Crippen LogP contribution in [0.25, 0.3) is 11.0 Å². The minimum absolute atomic E-state index is 0.0415. The lowest BCUT2D eigenvalue weighted by atomic mass is 9.99. The Bertz CT molecular complexity index is 1330. The Hall–Kier alpha value is -3.39. The number of carbonyl (C=O) groups is 1. The fourth-order valence-electron chi connectivity index (χ4n) is 3.75. The summed E-state index contributed by atoms with van der Waals surface area (Å²) in [5.74, 6) is -1.04. The second-order valence-electron chi connectivity index (χ2n) is 7.03. The predicted octanol–water partition coefficient (Wildman–Crippen LogP) is 4.49. The van der Waals surface area contributed by atoms with E-state index in [4.69, 9.17) is 4.42 Å². The zero-order valence-electron chi connectivity index (χ0n) is 16.0. The van der Waals surface area contributed by atoms with Crippen LogP contribution in [0.4, 0.5) is 9.52 Å². The lowest BCUT2D eigenvalue weighted by Crippen LogP contribution is -2.29. The fraction of sp³-hybridized carbons (Fsp3) is 0.182. The van der Waals surface area contributed by atoms with Crippen molar-refractivity contribution in [2.24, 2.45) is 0 Å². The maximum absolute atomic E-state index is 13.8. The molecule has 0 saturated heterocycles. The second kappa shape index (κ2) is 7.14. The molecule has 5 rings (SSSR count). The Morgan fingerprint density at radius 3 is 2.70 bits per heavy atom. The molecule has 1 aliphatic heterocycles. The Balaban J connectivity index is 1.77. The van der Waals surface area contributed by atoms with Crippen molar-refractivity contribution in [2.45, 2.75) is 25.8 Å². The maximum atomic E-state index is 13.8. The average Bonchev–Trinajstić information content (AvgIpc) is 3.32. The van der Waals surface area contributed by atoms with Crippen LogP contribution in [0, 0.1) is 5.82 Å². The molecule has 0 bridgehead atoms. The van der Waals surface area contributed by atoms with Crippen molar-refractivity contribution >= 4 is 33.3 Å². The van der Waals surface area contributed by atoms with Gasteiger partial charge in [0.2, 0.25) is 10.9 Å². The number of benzene rings is 2. The van der Waals surface area contributed by atoms with Gasteiger partial charge in [-0.25, -0.2) is 4.39 Å². The lowest BCUT2D eigenvalue weighted by Gasteiger charge is -2.21. The molecule has 1 aliphatic rings. The highest BCUT2D eigenvalue weighted by atomic mass is 32.1. The van der Waals surface area contributed by atoms with Gasteiger partial charge in [-0.1, -0.05) is 48.6 Å². The number of aryl methyl sites for hydroxylation is 1. The zero-order chi connectivity index (χ0) is 20.8. The molecule has 0 N–H and O–H groups in total. The van der Waals surface area contributed by atoms with Crippen LogP contribution in [0.2, 0.25) is 0 Å². The molecule has 3 heterocycles. The van der Waals surface area contributed by atoms with Gasteiger partial charge in [0.25, 0.3) is 5.91 Å². The van der Waals surface area contributed by atoms with Gasteiger partial charge >= 0.3 is 0 Å². The van der Waals surface area contributed by atoms with E-state index in [1.165, 1.54) is 28.4 Å². The number of amides is 1. The third-order valence-corrected chi connectivity index (χ3v) is 6.06. The molecule has 0 spiro atoms. The topological polar surface area (TPSA) is 76.3 Å². The van der Waals surface area contributed by atoms with Gasteiger partial charge in [0, 0.05) is 6.42 Å². The van der Waals surface area contributed by atoms with Crippen molar-refractivity contribution in [3.05, 3.63) is 86.5 Å². The van der Waals surface area contributed by atoms with Crippen LogP contribution in [0.15, 0.2) is 57.7 Å². The van der Waals surface area contributed by atoms with Crippen molar-refractivity contribution in [2.75, 3.05) is 4.90 Å². The number of halogens is 1. The molecule has 0 aliphatic carbocycles. The summed E-state index contributed by atoms with van der Waals surface area (Å²) in [5, 5.41) is 9.71. The summed E-state index contributed by atoms with van der Waals surface area (Å²) in [7, 11) is 0. The molecule has 2 aromatic heterocycles. The quantitative estimate of drug-likeness (QED) is 0.485. The maximum Gasteiger partial charge on any atom is 0.297 e. The van der Waals surface area contributed by atoms with Crippen LogP contribution in [-0.4, -0.2) is 16.1 Å². The molecular formula is C22H16FN3O3S. The van der Waals surface area contributed by atoms with Gasteiger partial charge in [0.1, 0.15) is 16.4 Å². The molecule has 0 radical (unpaired) electrons.